The fourth-order valence-electron chi connectivity index (χ4n) is 12.2. The average molecular weight is 819 g/mol. The summed E-state index contributed by atoms with van der Waals surface area (Å²) in [5.74, 6) is 1.36. The lowest BCUT2D eigenvalue weighted by Gasteiger charge is -2.57. The Morgan fingerprint density at radius 2 is 0.661 bits per heavy atom. The van der Waals surface area contributed by atoms with Crippen LogP contribution in [0.4, 0.5) is 23.5 Å². The van der Waals surface area contributed by atoms with Gasteiger partial charge in [-0.3, -0.25) is 0 Å². The van der Waals surface area contributed by atoms with Crippen LogP contribution >= 0.6 is 0 Å². The van der Waals surface area contributed by atoms with Gasteiger partial charge in [0.2, 0.25) is 17.8 Å². The van der Waals surface area contributed by atoms with Gasteiger partial charge < -0.3 is 15.1 Å². The number of nitrogens with one attached hydrogen (secondary N) is 1. The monoisotopic (exact) mass is 819 g/mol. The summed E-state index contributed by atoms with van der Waals surface area (Å²) in [6.07, 6.45) is 4.55. The zero-order valence-electron chi connectivity index (χ0n) is 39.0. The fraction of sp³-hybridized carbons (Fsp3) is 0.800. The lowest BCUT2D eigenvalue weighted by atomic mass is 9.74. The summed E-state index contributed by atoms with van der Waals surface area (Å²) in [4.78, 5) is 20.8. The highest BCUT2D eigenvalue weighted by molar-refractivity contribution is 5.57. The van der Waals surface area contributed by atoms with E-state index in [1.54, 1.807) is 0 Å². The number of hydrogen-bond donors (Lipinski definition) is 1. The zero-order valence-corrected chi connectivity index (χ0v) is 39.0. The van der Waals surface area contributed by atoms with E-state index in [-0.39, 0.29) is 24.2 Å². The number of nitrogens with zero attached hydrogens (tertiary/aromatic N) is 9. The molecular weight excluding hydrogens is 745 g/mol. The Kier molecular flexibility index (Phi) is 11.6. The van der Waals surface area contributed by atoms with Crippen LogP contribution in [0.1, 0.15) is 162 Å². The third-order valence-corrected chi connectivity index (χ3v) is 14.0. The summed E-state index contributed by atoms with van der Waals surface area (Å²) in [7, 11) is 0. The normalized spacial score (nSPS) is 27.7. The number of rotatable bonds is 8. The van der Waals surface area contributed by atoms with E-state index in [0.29, 0.717) is 69.2 Å². The number of piperidine rings is 4. The van der Waals surface area contributed by atoms with E-state index in [9.17, 15) is 20.8 Å². The zero-order chi connectivity index (χ0) is 44.1. The predicted molar refractivity (Wildman–Crippen MR) is 229 cm³/mol. The van der Waals surface area contributed by atoms with Crippen molar-refractivity contribution in [3.8, 4) is 0 Å². The summed E-state index contributed by atoms with van der Waals surface area (Å²) in [6, 6.07) is 9.29. The van der Waals surface area contributed by atoms with Gasteiger partial charge in [0.25, 0.3) is 0 Å². The minimum atomic E-state index is -0.686. The van der Waals surface area contributed by atoms with Gasteiger partial charge in [0.1, 0.15) is 0 Å². The van der Waals surface area contributed by atoms with E-state index in [0.717, 1.165) is 5.69 Å². The van der Waals surface area contributed by atoms with Gasteiger partial charge in [0.05, 0.1) is 0 Å². The molecule has 2 aromatic rings. The summed E-state index contributed by atoms with van der Waals surface area (Å²) in [6.45, 7) is 32.2. The third-order valence-electron chi connectivity index (χ3n) is 14.0. The number of para-hydroxylation sites is 1. The van der Waals surface area contributed by atoms with Crippen LogP contribution in [0.15, 0.2) is 30.3 Å². The van der Waals surface area contributed by atoms with Crippen molar-refractivity contribution >= 4 is 23.5 Å². The largest absolute Gasteiger partial charge is 0.334 e. The first-order valence-corrected chi connectivity index (χ1v) is 21.8. The molecule has 14 heteroatoms. The minimum Gasteiger partial charge on any atom is -0.334 e. The topological polar surface area (TPSA) is 150 Å². The number of benzene rings is 1. The summed E-state index contributed by atoms with van der Waals surface area (Å²) in [5.41, 5.74) is -4.66. The van der Waals surface area contributed by atoms with Crippen LogP contribution < -0.4 is 15.1 Å². The quantitative estimate of drug-likeness (QED) is 0.274. The molecule has 4 saturated heterocycles. The fourth-order valence-corrected chi connectivity index (χ4v) is 12.2. The maximum atomic E-state index is 13.8. The first-order chi connectivity index (χ1) is 26.8. The van der Waals surface area contributed by atoms with Gasteiger partial charge >= 0.3 is 0 Å². The SMILES string of the molecule is CC1(C)CC(N(c2nc(Nc3ccccc3)nc(N(C3CC(C)(C)N([O])C(C)(C)C3)C3CC(C)(C)N([O])C(C)(C)C3)n2)C2CC(C)(C)N([O])C(C)(C)C2)CC(C)(C)N1[O]. The van der Waals surface area contributed by atoms with Crippen molar-refractivity contribution < 1.29 is 20.8 Å². The third kappa shape index (κ3) is 8.84. The standard InChI is InChI=1S/C45H74N10O4/c1-38(2)22-31(23-39(3,4)52(38)56)50(32-24-40(5,6)53(57)41(7,8)25-32)36-47-35(46-30-20-18-17-19-21-30)48-37(49-36)51(33-26-42(9,10)54(58)43(11,12)27-33)34-28-44(13,14)55(59)45(15,16)29-34/h17-21,31-34H,22-29H2,1-16H3,(H,46,47,48,49). The molecule has 4 aliphatic rings. The molecule has 1 aromatic carbocycles. The maximum absolute atomic E-state index is 13.8. The highest BCUT2D eigenvalue weighted by atomic mass is 16.5. The molecule has 4 fully saturated rings. The van der Waals surface area contributed by atoms with E-state index >= 15 is 0 Å². The van der Waals surface area contributed by atoms with E-state index in [1.807, 2.05) is 141 Å². The molecule has 5 heterocycles. The van der Waals surface area contributed by atoms with Crippen LogP contribution in [0, 0.1) is 0 Å². The Morgan fingerprint density at radius 3 is 0.898 bits per heavy atom. The summed E-state index contributed by atoms with van der Waals surface area (Å²) < 4.78 is 0. The average Bonchev–Trinajstić information content (AvgIpc) is 3.07. The van der Waals surface area contributed by atoms with Crippen LogP contribution in [0.25, 0.3) is 0 Å². The molecule has 59 heavy (non-hydrogen) atoms. The van der Waals surface area contributed by atoms with Gasteiger partial charge in [-0.15, -0.1) is 41.1 Å². The molecule has 0 aliphatic carbocycles. The molecule has 0 bridgehead atoms. The van der Waals surface area contributed by atoms with Gasteiger partial charge in [-0.2, -0.15) is 15.0 Å². The highest BCUT2D eigenvalue weighted by Crippen LogP contribution is 2.48. The first-order valence-electron chi connectivity index (χ1n) is 21.8. The molecule has 0 unspecified atom stereocenters. The Balaban J connectivity index is 1.61. The Hall–Kier alpha value is -2.69. The van der Waals surface area contributed by atoms with Crippen molar-refractivity contribution in [2.45, 2.75) is 231 Å². The molecule has 0 amide bonds. The first kappa shape index (κ1) is 45.8. The summed E-state index contributed by atoms with van der Waals surface area (Å²) >= 11 is 0. The van der Waals surface area contributed by atoms with Crippen LogP contribution in [0.2, 0.25) is 0 Å². The van der Waals surface area contributed by atoms with Gasteiger partial charge in [0.15, 0.2) is 0 Å². The van der Waals surface area contributed by atoms with Crippen LogP contribution in [0.5, 0.6) is 0 Å². The molecule has 0 saturated carbocycles. The lowest BCUT2D eigenvalue weighted by Crippen LogP contribution is -2.68. The predicted octanol–water partition coefficient (Wildman–Crippen LogP) is 8.70. The van der Waals surface area contributed by atoms with Crippen LogP contribution in [-0.4, -0.2) is 104 Å². The highest BCUT2D eigenvalue weighted by Gasteiger charge is 2.56. The minimum absolute atomic E-state index is 0.142. The van der Waals surface area contributed by atoms with Crippen molar-refractivity contribution in [2.75, 3.05) is 15.1 Å². The van der Waals surface area contributed by atoms with Crippen molar-refractivity contribution in [1.82, 2.24) is 35.2 Å². The smallest absolute Gasteiger partial charge is 0.233 e. The van der Waals surface area contributed by atoms with Crippen LogP contribution in [0.3, 0.4) is 0 Å². The van der Waals surface area contributed by atoms with E-state index in [4.69, 9.17) is 15.0 Å². The molecule has 0 spiro atoms. The molecule has 4 radical (unpaired) electrons. The molecule has 14 nitrogen and oxygen atoms in total. The van der Waals surface area contributed by atoms with Crippen molar-refractivity contribution in [3.63, 3.8) is 0 Å². The number of hydroxylamine groups is 8. The van der Waals surface area contributed by atoms with E-state index < -0.39 is 44.3 Å². The van der Waals surface area contributed by atoms with Crippen molar-refractivity contribution in [3.05, 3.63) is 30.3 Å². The molecule has 1 N–H and O–H groups in total. The van der Waals surface area contributed by atoms with Crippen molar-refractivity contribution in [2.24, 2.45) is 0 Å². The second-order valence-corrected chi connectivity index (χ2v) is 23.5. The number of anilines is 4. The Bertz CT molecular complexity index is 1550. The Labute approximate surface area is 354 Å². The molecule has 6 rings (SSSR count). The lowest BCUT2D eigenvalue weighted by molar-refractivity contribution is -0.294. The van der Waals surface area contributed by atoms with E-state index in [2.05, 4.69) is 15.1 Å². The van der Waals surface area contributed by atoms with Gasteiger partial charge in [0, 0.05) is 74.2 Å². The second kappa shape index (κ2) is 15.0. The maximum Gasteiger partial charge on any atom is 0.233 e. The molecule has 4 aliphatic heterocycles. The molecule has 328 valence electrons. The van der Waals surface area contributed by atoms with Crippen molar-refractivity contribution in [1.29, 1.82) is 0 Å². The molecule has 1 aromatic heterocycles. The molecule has 0 atom stereocenters. The van der Waals surface area contributed by atoms with E-state index in [1.165, 1.54) is 20.3 Å². The van der Waals surface area contributed by atoms with Gasteiger partial charge in [-0.05, 0) is 174 Å². The van der Waals surface area contributed by atoms with Gasteiger partial charge in [-0.25, -0.2) is 0 Å². The second-order valence-electron chi connectivity index (χ2n) is 23.5. The number of hydrogen-bond acceptors (Lipinski definition) is 10. The van der Waals surface area contributed by atoms with Crippen LogP contribution in [-0.2, 0) is 20.8 Å². The number of aromatic nitrogens is 3. The molecular formula is C45H74N10O4. The van der Waals surface area contributed by atoms with Gasteiger partial charge in [-0.1, -0.05) is 18.2 Å². The Morgan fingerprint density at radius 1 is 0.424 bits per heavy atom. The summed E-state index contributed by atoms with van der Waals surface area (Å²) in [5, 5.41) is 63.9.